The first-order chi connectivity index (χ1) is 8.79. The standard InChI is InChI=1S/C15H21ClN2O/c1-15(2,3)11-6-7-18(9-11)14(19)10-4-5-13(17)12(16)8-10/h4-5,8,11H,6-7,9,17H2,1-3H3. The van der Waals surface area contributed by atoms with E-state index in [1.807, 2.05) is 4.90 Å². The van der Waals surface area contributed by atoms with Crippen molar-refractivity contribution < 1.29 is 4.79 Å². The van der Waals surface area contributed by atoms with Gasteiger partial charge in [0.15, 0.2) is 0 Å². The van der Waals surface area contributed by atoms with Crippen molar-refractivity contribution in [2.75, 3.05) is 18.8 Å². The summed E-state index contributed by atoms with van der Waals surface area (Å²) < 4.78 is 0. The molecule has 1 aliphatic heterocycles. The molecule has 0 bridgehead atoms. The van der Waals surface area contributed by atoms with Crippen LogP contribution >= 0.6 is 11.6 Å². The number of rotatable bonds is 1. The maximum atomic E-state index is 12.4. The highest BCUT2D eigenvalue weighted by molar-refractivity contribution is 6.33. The molecular weight excluding hydrogens is 260 g/mol. The topological polar surface area (TPSA) is 46.3 Å². The molecule has 1 aromatic rings. The van der Waals surface area contributed by atoms with Crippen LogP contribution in [0.5, 0.6) is 0 Å². The summed E-state index contributed by atoms with van der Waals surface area (Å²) in [4.78, 5) is 14.3. The van der Waals surface area contributed by atoms with E-state index in [1.165, 1.54) is 0 Å². The predicted octanol–water partition coefficient (Wildman–Crippen LogP) is 3.43. The first-order valence-electron chi connectivity index (χ1n) is 6.63. The molecule has 1 fully saturated rings. The fourth-order valence-electron chi connectivity index (χ4n) is 2.49. The van der Waals surface area contributed by atoms with Gasteiger partial charge in [-0.05, 0) is 36.0 Å². The maximum absolute atomic E-state index is 12.4. The van der Waals surface area contributed by atoms with Gasteiger partial charge in [0.05, 0.1) is 10.7 Å². The second kappa shape index (κ2) is 5.04. The number of hydrogen-bond donors (Lipinski definition) is 1. The molecule has 1 atom stereocenters. The Hall–Kier alpha value is -1.22. The van der Waals surface area contributed by atoms with Crippen LogP contribution in [0.25, 0.3) is 0 Å². The van der Waals surface area contributed by atoms with Crippen molar-refractivity contribution in [3.63, 3.8) is 0 Å². The highest BCUT2D eigenvalue weighted by Crippen LogP contribution is 2.34. The van der Waals surface area contributed by atoms with E-state index >= 15 is 0 Å². The van der Waals surface area contributed by atoms with Crippen molar-refractivity contribution >= 4 is 23.2 Å². The van der Waals surface area contributed by atoms with Gasteiger partial charge in [-0.15, -0.1) is 0 Å². The Morgan fingerprint density at radius 3 is 2.63 bits per heavy atom. The zero-order valence-electron chi connectivity index (χ0n) is 11.7. The number of halogens is 1. The van der Waals surface area contributed by atoms with Crippen molar-refractivity contribution in [2.45, 2.75) is 27.2 Å². The summed E-state index contributed by atoms with van der Waals surface area (Å²) >= 11 is 5.97. The highest BCUT2D eigenvalue weighted by atomic mass is 35.5. The molecule has 0 radical (unpaired) electrons. The van der Waals surface area contributed by atoms with Crippen molar-refractivity contribution in [2.24, 2.45) is 11.3 Å². The van der Waals surface area contributed by atoms with Gasteiger partial charge >= 0.3 is 0 Å². The summed E-state index contributed by atoms with van der Waals surface area (Å²) in [7, 11) is 0. The van der Waals surface area contributed by atoms with Crippen LogP contribution in [0.4, 0.5) is 5.69 Å². The summed E-state index contributed by atoms with van der Waals surface area (Å²) in [5.74, 6) is 0.606. The molecule has 1 aliphatic rings. The fourth-order valence-corrected chi connectivity index (χ4v) is 2.67. The Balaban J connectivity index is 2.11. The second-order valence-electron chi connectivity index (χ2n) is 6.34. The lowest BCUT2D eigenvalue weighted by Crippen LogP contribution is -2.31. The number of anilines is 1. The van der Waals surface area contributed by atoms with Gasteiger partial charge in [0.1, 0.15) is 0 Å². The van der Waals surface area contributed by atoms with Crippen LogP contribution < -0.4 is 5.73 Å². The third-order valence-electron chi connectivity index (χ3n) is 3.95. The number of carbonyl (C=O) groups is 1. The maximum Gasteiger partial charge on any atom is 0.253 e. The molecule has 1 unspecified atom stereocenters. The predicted molar refractivity (Wildman–Crippen MR) is 79.3 cm³/mol. The van der Waals surface area contributed by atoms with Gasteiger partial charge in [-0.1, -0.05) is 32.4 Å². The molecule has 0 aromatic heterocycles. The van der Waals surface area contributed by atoms with E-state index in [-0.39, 0.29) is 11.3 Å². The van der Waals surface area contributed by atoms with E-state index in [2.05, 4.69) is 20.8 Å². The Bertz CT molecular complexity index is 493. The van der Waals surface area contributed by atoms with Crippen LogP contribution in [-0.4, -0.2) is 23.9 Å². The molecule has 19 heavy (non-hydrogen) atoms. The molecule has 0 saturated carbocycles. The molecule has 0 spiro atoms. The normalized spacial score (nSPS) is 19.8. The Labute approximate surface area is 119 Å². The van der Waals surface area contributed by atoms with Crippen LogP contribution in [0.15, 0.2) is 18.2 Å². The molecule has 0 aliphatic carbocycles. The van der Waals surface area contributed by atoms with Gasteiger partial charge < -0.3 is 10.6 Å². The number of amides is 1. The van der Waals surface area contributed by atoms with Crippen LogP contribution in [0.1, 0.15) is 37.6 Å². The zero-order chi connectivity index (χ0) is 14.2. The number of nitrogen functional groups attached to an aromatic ring is 1. The lowest BCUT2D eigenvalue weighted by Gasteiger charge is -2.27. The molecule has 1 aromatic carbocycles. The molecule has 2 rings (SSSR count). The van der Waals surface area contributed by atoms with Gasteiger partial charge in [0, 0.05) is 18.7 Å². The Morgan fingerprint density at radius 1 is 1.42 bits per heavy atom. The van der Waals surface area contributed by atoms with Gasteiger partial charge in [0.2, 0.25) is 0 Å². The minimum Gasteiger partial charge on any atom is -0.398 e. The molecule has 1 saturated heterocycles. The van der Waals surface area contributed by atoms with Crippen molar-refractivity contribution in [1.82, 2.24) is 4.90 Å². The van der Waals surface area contributed by atoms with Crippen molar-refractivity contribution in [3.8, 4) is 0 Å². The minimum atomic E-state index is 0.0497. The number of likely N-dealkylation sites (tertiary alicyclic amines) is 1. The molecule has 1 heterocycles. The average molecular weight is 281 g/mol. The highest BCUT2D eigenvalue weighted by Gasteiger charge is 2.34. The SMILES string of the molecule is CC(C)(C)C1CCN(C(=O)c2ccc(N)c(Cl)c2)C1. The van der Waals surface area contributed by atoms with Crippen molar-refractivity contribution in [1.29, 1.82) is 0 Å². The van der Waals surface area contributed by atoms with Crippen molar-refractivity contribution in [3.05, 3.63) is 28.8 Å². The Morgan fingerprint density at radius 2 is 2.11 bits per heavy atom. The summed E-state index contributed by atoms with van der Waals surface area (Å²) in [6.07, 6.45) is 1.07. The third kappa shape index (κ3) is 3.03. The summed E-state index contributed by atoms with van der Waals surface area (Å²) in [5.41, 5.74) is 7.03. The fraction of sp³-hybridized carbons (Fsp3) is 0.533. The first-order valence-corrected chi connectivity index (χ1v) is 7.01. The molecule has 1 amide bonds. The van der Waals surface area contributed by atoms with Gasteiger partial charge in [-0.25, -0.2) is 0 Å². The molecule has 2 N–H and O–H groups in total. The summed E-state index contributed by atoms with van der Waals surface area (Å²) in [5, 5.41) is 0.442. The quantitative estimate of drug-likeness (QED) is 0.801. The molecule has 4 heteroatoms. The van der Waals surface area contributed by atoms with Crippen LogP contribution in [0.3, 0.4) is 0 Å². The summed E-state index contributed by atoms with van der Waals surface area (Å²) in [6, 6.07) is 5.09. The molecular formula is C15H21ClN2O. The Kier molecular flexibility index (Phi) is 3.77. The van der Waals surface area contributed by atoms with Gasteiger partial charge in [-0.3, -0.25) is 4.79 Å². The van der Waals surface area contributed by atoms with E-state index in [9.17, 15) is 4.79 Å². The van der Waals surface area contributed by atoms with Crippen LogP contribution in [0, 0.1) is 11.3 Å². The average Bonchev–Trinajstić information content (AvgIpc) is 2.81. The minimum absolute atomic E-state index is 0.0497. The lowest BCUT2D eigenvalue weighted by molar-refractivity contribution is 0.0776. The number of hydrogen-bond acceptors (Lipinski definition) is 2. The third-order valence-corrected chi connectivity index (χ3v) is 4.27. The monoisotopic (exact) mass is 280 g/mol. The van der Waals surface area contributed by atoms with E-state index in [0.29, 0.717) is 22.2 Å². The second-order valence-corrected chi connectivity index (χ2v) is 6.75. The van der Waals surface area contributed by atoms with Crippen LogP contribution in [0.2, 0.25) is 5.02 Å². The van der Waals surface area contributed by atoms with E-state index in [1.54, 1.807) is 18.2 Å². The smallest absolute Gasteiger partial charge is 0.253 e. The van der Waals surface area contributed by atoms with E-state index in [0.717, 1.165) is 19.5 Å². The van der Waals surface area contributed by atoms with E-state index < -0.39 is 0 Å². The van der Waals surface area contributed by atoms with E-state index in [4.69, 9.17) is 17.3 Å². The number of nitrogens with zero attached hydrogens (tertiary/aromatic N) is 1. The number of carbonyl (C=O) groups excluding carboxylic acids is 1. The summed E-state index contributed by atoms with van der Waals surface area (Å²) in [6.45, 7) is 8.33. The number of nitrogens with two attached hydrogens (primary N) is 1. The largest absolute Gasteiger partial charge is 0.398 e. The van der Waals surface area contributed by atoms with Gasteiger partial charge in [0.25, 0.3) is 5.91 Å². The lowest BCUT2D eigenvalue weighted by atomic mass is 9.80. The number of benzene rings is 1. The first kappa shape index (κ1) is 14.2. The molecule has 3 nitrogen and oxygen atoms in total. The molecule has 104 valence electrons. The zero-order valence-corrected chi connectivity index (χ0v) is 12.5. The van der Waals surface area contributed by atoms with Gasteiger partial charge in [-0.2, -0.15) is 0 Å². The van der Waals surface area contributed by atoms with Crippen LogP contribution in [-0.2, 0) is 0 Å².